The highest BCUT2D eigenvalue weighted by molar-refractivity contribution is 7.89. The van der Waals surface area contributed by atoms with Crippen LogP contribution in [0.5, 0.6) is 0 Å². The van der Waals surface area contributed by atoms with E-state index in [4.69, 9.17) is 23.2 Å². The molecule has 0 fully saturated rings. The molecule has 3 nitrogen and oxygen atoms in total. The van der Waals surface area contributed by atoms with E-state index in [-0.39, 0.29) is 10.8 Å². The van der Waals surface area contributed by atoms with Crippen molar-refractivity contribution in [1.29, 1.82) is 0 Å². The van der Waals surface area contributed by atoms with Gasteiger partial charge in [0, 0.05) is 28.9 Å². The second-order valence-electron chi connectivity index (χ2n) is 4.40. The lowest BCUT2D eigenvalue weighted by atomic mass is 10.2. The fraction of sp³-hybridized carbons (Fsp3) is 0.286. The number of rotatable bonds is 6. The molecule has 1 aromatic carbocycles. The maximum atomic E-state index is 12.7. The van der Waals surface area contributed by atoms with E-state index >= 15 is 0 Å². The highest BCUT2D eigenvalue weighted by Gasteiger charge is 2.24. The van der Waals surface area contributed by atoms with Gasteiger partial charge in [0.05, 0.1) is 4.90 Å². The number of thiophene rings is 1. The van der Waals surface area contributed by atoms with Crippen LogP contribution in [0.1, 0.15) is 17.4 Å². The minimum absolute atomic E-state index is 0.180. The molecule has 0 amide bonds. The van der Waals surface area contributed by atoms with Gasteiger partial charge >= 0.3 is 0 Å². The first-order valence-electron chi connectivity index (χ1n) is 6.36. The van der Waals surface area contributed by atoms with E-state index in [1.807, 2.05) is 24.4 Å². The minimum Gasteiger partial charge on any atom is -0.207 e. The molecule has 0 unspecified atom stereocenters. The van der Waals surface area contributed by atoms with Crippen LogP contribution in [0, 0.1) is 0 Å². The average molecular weight is 364 g/mol. The molecule has 2 rings (SSSR count). The largest absolute Gasteiger partial charge is 0.243 e. The van der Waals surface area contributed by atoms with Gasteiger partial charge in [0.15, 0.2) is 0 Å². The zero-order chi connectivity index (χ0) is 15.5. The van der Waals surface area contributed by atoms with Gasteiger partial charge in [0.1, 0.15) is 0 Å². The Morgan fingerprint density at radius 2 is 2.05 bits per heavy atom. The van der Waals surface area contributed by atoms with Gasteiger partial charge in [-0.05, 0) is 35.2 Å². The van der Waals surface area contributed by atoms with Crippen molar-refractivity contribution >= 4 is 44.6 Å². The first kappa shape index (κ1) is 16.8. The summed E-state index contributed by atoms with van der Waals surface area (Å²) in [6.45, 7) is 2.60. The molecule has 0 atom stereocenters. The Morgan fingerprint density at radius 3 is 2.62 bits per heavy atom. The summed E-state index contributed by atoms with van der Waals surface area (Å²) in [5, 5.41) is 2.41. The molecule has 0 saturated heterocycles. The summed E-state index contributed by atoms with van der Waals surface area (Å²) >= 11 is 13.3. The Labute approximate surface area is 139 Å². The van der Waals surface area contributed by atoms with Crippen molar-refractivity contribution in [2.45, 2.75) is 24.2 Å². The molecule has 0 aliphatic heterocycles. The van der Waals surface area contributed by atoms with E-state index in [2.05, 4.69) is 0 Å². The summed E-state index contributed by atoms with van der Waals surface area (Å²) < 4.78 is 26.9. The van der Waals surface area contributed by atoms with Crippen LogP contribution in [-0.4, -0.2) is 19.3 Å². The summed E-state index contributed by atoms with van der Waals surface area (Å²) in [5.74, 6) is 0.180. The monoisotopic (exact) mass is 363 g/mol. The molecule has 0 N–H and O–H groups in total. The molecule has 0 aliphatic rings. The molecule has 0 saturated carbocycles. The number of halogens is 2. The van der Waals surface area contributed by atoms with Gasteiger partial charge in [-0.15, -0.1) is 22.9 Å². The Kier molecular flexibility index (Phi) is 5.68. The van der Waals surface area contributed by atoms with E-state index in [9.17, 15) is 8.42 Å². The molecule has 1 aromatic heterocycles. The molecule has 0 spiro atoms. The Bertz CT molecular complexity index is 700. The van der Waals surface area contributed by atoms with Gasteiger partial charge in [-0.3, -0.25) is 0 Å². The van der Waals surface area contributed by atoms with Crippen molar-refractivity contribution in [3.63, 3.8) is 0 Å². The van der Waals surface area contributed by atoms with Crippen molar-refractivity contribution in [1.82, 2.24) is 4.31 Å². The lowest BCUT2D eigenvalue weighted by Crippen LogP contribution is -2.30. The lowest BCUT2D eigenvalue weighted by Gasteiger charge is -2.20. The highest BCUT2D eigenvalue weighted by atomic mass is 35.5. The molecule has 114 valence electrons. The van der Waals surface area contributed by atoms with Crippen LogP contribution in [0.3, 0.4) is 0 Å². The van der Waals surface area contributed by atoms with Crippen molar-refractivity contribution in [3.8, 4) is 0 Å². The third-order valence-electron chi connectivity index (χ3n) is 3.06. The maximum Gasteiger partial charge on any atom is 0.243 e. The lowest BCUT2D eigenvalue weighted by molar-refractivity contribution is 0.426. The fourth-order valence-corrected chi connectivity index (χ4v) is 4.66. The number of benzene rings is 1. The molecular formula is C14H15Cl2NO2S2. The summed E-state index contributed by atoms with van der Waals surface area (Å²) in [4.78, 5) is 1.23. The van der Waals surface area contributed by atoms with Gasteiger partial charge in [-0.1, -0.05) is 24.6 Å². The fourth-order valence-electron chi connectivity index (χ4n) is 1.91. The molecule has 0 bridgehead atoms. The van der Waals surface area contributed by atoms with Gasteiger partial charge in [-0.2, -0.15) is 4.31 Å². The summed E-state index contributed by atoms with van der Waals surface area (Å²) in [5.41, 5.74) is 0.617. The van der Waals surface area contributed by atoms with Gasteiger partial charge in [-0.25, -0.2) is 8.42 Å². The zero-order valence-corrected chi connectivity index (χ0v) is 14.6. The van der Waals surface area contributed by atoms with Crippen LogP contribution in [0.15, 0.2) is 40.6 Å². The molecule has 7 heteroatoms. The zero-order valence-electron chi connectivity index (χ0n) is 11.4. The van der Waals surface area contributed by atoms with Crippen LogP contribution in [0.25, 0.3) is 0 Å². The molecular weight excluding hydrogens is 349 g/mol. The van der Waals surface area contributed by atoms with Gasteiger partial charge < -0.3 is 0 Å². The Morgan fingerprint density at radius 1 is 1.29 bits per heavy atom. The van der Waals surface area contributed by atoms with E-state index in [1.54, 1.807) is 12.1 Å². The van der Waals surface area contributed by atoms with Crippen molar-refractivity contribution in [2.24, 2.45) is 0 Å². The van der Waals surface area contributed by atoms with Crippen LogP contribution in [-0.2, 0) is 22.4 Å². The summed E-state index contributed by atoms with van der Waals surface area (Å²) in [6.07, 6.45) is 0. The van der Waals surface area contributed by atoms with Crippen molar-refractivity contribution < 1.29 is 8.42 Å². The number of alkyl halides is 1. The molecule has 1 heterocycles. The van der Waals surface area contributed by atoms with Crippen molar-refractivity contribution in [3.05, 3.63) is 51.2 Å². The van der Waals surface area contributed by atoms with E-state index in [0.29, 0.717) is 23.7 Å². The average Bonchev–Trinajstić information content (AvgIpc) is 2.97. The third-order valence-corrected chi connectivity index (χ3v) is 6.50. The standard InChI is InChI=1S/C14H15Cl2NO2S2/c1-2-17(10-12-4-3-7-20-12)21(18,19)13-5-6-14(16)11(8-13)9-15/h3-8H,2,9-10H2,1H3. The molecule has 0 aliphatic carbocycles. The number of sulfonamides is 1. The smallest absolute Gasteiger partial charge is 0.207 e. The van der Waals surface area contributed by atoms with Crippen LogP contribution in [0.2, 0.25) is 5.02 Å². The molecule has 2 aromatic rings. The Hall–Kier alpha value is -0.590. The predicted molar refractivity (Wildman–Crippen MR) is 88.6 cm³/mol. The van der Waals surface area contributed by atoms with Gasteiger partial charge in [0.2, 0.25) is 10.0 Å². The molecule has 0 radical (unpaired) electrons. The first-order valence-corrected chi connectivity index (χ1v) is 9.59. The third kappa shape index (κ3) is 3.79. The van der Waals surface area contributed by atoms with E-state index < -0.39 is 10.0 Å². The topological polar surface area (TPSA) is 37.4 Å². The van der Waals surface area contributed by atoms with E-state index in [1.165, 1.54) is 21.7 Å². The number of hydrogen-bond donors (Lipinski definition) is 0. The summed E-state index contributed by atoms with van der Waals surface area (Å²) in [7, 11) is -3.55. The van der Waals surface area contributed by atoms with Crippen LogP contribution >= 0.6 is 34.5 Å². The Balaban J connectivity index is 2.35. The minimum atomic E-state index is -3.55. The SMILES string of the molecule is CCN(Cc1cccs1)S(=O)(=O)c1ccc(Cl)c(CCl)c1. The molecule has 21 heavy (non-hydrogen) atoms. The maximum absolute atomic E-state index is 12.7. The van der Waals surface area contributed by atoms with Crippen LogP contribution < -0.4 is 0 Å². The van der Waals surface area contributed by atoms with E-state index in [0.717, 1.165) is 4.88 Å². The van der Waals surface area contributed by atoms with Crippen molar-refractivity contribution in [2.75, 3.05) is 6.54 Å². The second kappa shape index (κ2) is 7.11. The normalized spacial score (nSPS) is 12.0. The quantitative estimate of drug-likeness (QED) is 0.715. The number of nitrogens with zero attached hydrogens (tertiary/aromatic N) is 1. The van der Waals surface area contributed by atoms with Crippen LogP contribution in [0.4, 0.5) is 0 Å². The predicted octanol–water partition coefficient (Wildman–Crippen LogP) is 4.35. The second-order valence-corrected chi connectivity index (χ2v) is 8.04. The number of hydrogen-bond acceptors (Lipinski definition) is 3. The van der Waals surface area contributed by atoms with Gasteiger partial charge in [0.25, 0.3) is 0 Å². The highest BCUT2D eigenvalue weighted by Crippen LogP contribution is 2.25. The first-order chi connectivity index (χ1) is 9.98. The summed E-state index contributed by atoms with van der Waals surface area (Å²) in [6, 6.07) is 8.47.